The van der Waals surface area contributed by atoms with E-state index in [1.54, 1.807) is 0 Å². The molecule has 2 aromatic rings. The molecule has 0 radical (unpaired) electrons. The Morgan fingerprint density at radius 1 is 1.50 bits per heavy atom. The first-order valence-corrected chi connectivity index (χ1v) is 5.44. The minimum Gasteiger partial charge on any atom is -0.441 e. The highest BCUT2D eigenvalue weighted by atomic mass is 16.3. The van der Waals surface area contributed by atoms with Crippen molar-refractivity contribution in [3.63, 3.8) is 0 Å². The summed E-state index contributed by atoms with van der Waals surface area (Å²) in [5.41, 5.74) is 8.66. The van der Waals surface area contributed by atoms with E-state index < -0.39 is 0 Å². The van der Waals surface area contributed by atoms with Gasteiger partial charge in [-0.25, -0.2) is 4.98 Å². The summed E-state index contributed by atoms with van der Waals surface area (Å²) < 4.78 is 5.45. The molecule has 0 bridgehead atoms. The lowest BCUT2D eigenvalue weighted by atomic mass is 10.0. The Bertz CT molecular complexity index is 479. The molecule has 4 nitrogen and oxygen atoms in total. The molecule has 1 aromatic heterocycles. The largest absolute Gasteiger partial charge is 0.441 e. The van der Waals surface area contributed by atoms with Crippen LogP contribution in [0.1, 0.15) is 30.3 Å². The molecule has 1 heterocycles. The van der Waals surface area contributed by atoms with E-state index in [4.69, 9.17) is 15.3 Å². The summed E-state index contributed by atoms with van der Waals surface area (Å²) in [5.74, 6) is 0.663. The number of aromatic nitrogens is 1. The average Bonchev–Trinajstić information content (AvgIpc) is 2.64. The summed E-state index contributed by atoms with van der Waals surface area (Å²) in [5, 5.41) is 8.75. The molecule has 1 unspecified atom stereocenters. The van der Waals surface area contributed by atoms with Crippen LogP contribution in [0.15, 0.2) is 22.6 Å². The van der Waals surface area contributed by atoms with E-state index in [1.807, 2.05) is 25.1 Å². The third-order valence-electron chi connectivity index (χ3n) is 2.62. The summed E-state index contributed by atoms with van der Waals surface area (Å²) in [6.45, 7) is 2.00. The van der Waals surface area contributed by atoms with Crippen molar-refractivity contribution in [2.45, 2.75) is 25.8 Å². The maximum Gasteiger partial charge on any atom is 0.192 e. The number of oxazole rings is 1. The van der Waals surface area contributed by atoms with Crippen molar-refractivity contribution in [1.82, 2.24) is 4.98 Å². The topological polar surface area (TPSA) is 72.3 Å². The van der Waals surface area contributed by atoms with Crippen molar-refractivity contribution >= 4 is 11.1 Å². The first kappa shape index (κ1) is 11.1. The summed E-state index contributed by atoms with van der Waals surface area (Å²) in [4.78, 5) is 4.23. The number of fused-ring (bicyclic) bond motifs is 1. The molecule has 0 aliphatic carbocycles. The van der Waals surface area contributed by atoms with Crippen molar-refractivity contribution in [3.8, 4) is 0 Å². The van der Waals surface area contributed by atoms with Crippen LogP contribution in [0.25, 0.3) is 11.1 Å². The van der Waals surface area contributed by atoms with Crippen molar-refractivity contribution in [2.24, 2.45) is 5.73 Å². The van der Waals surface area contributed by atoms with Gasteiger partial charge in [0.05, 0.1) is 0 Å². The highest BCUT2D eigenvalue weighted by molar-refractivity contribution is 5.73. The van der Waals surface area contributed by atoms with Crippen molar-refractivity contribution in [1.29, 1.82) is 0 Å². The summed E-state index contributed by atoms with van der Waals surface area (Å²) >= 11 is 0. The van der Waals surface area contributed by atoms with Crippen molar-refractivity contribution < 1.29 is 9.52 Å². The van der Waals surface area contributed by atoms with Gasteiger partial charge < -0.3 is 15.3 Å². The van der Waals surface area contributed by atoms with E-state index in [9.17, 15) is 0 Å². The lowest BCUT2D eigenvalue weighted by molar-refractivity contribution is 0.280. The molecule has 86 valence electrons. The minimum absolute atomic E-state index is 0.0537. The zero-order valence-electron chi connectivity index (χ0n) is 9.31. The van der Waals surface area contributed by atoms with Crippen LogP contribution < -0.4 is 5.73 Å². The molecule has 3 N–H and O–H groups in total. The molecule has 0 saturated carbocycles. The highest BCUT2D eigenvalue weighted by Gasteiger charge is 2.08. The standard InChI is InChI=1S/C12H16N2O2/c1-8-14-11-5-4-9(7-12(11)16-8)10(13)3-2-6-15/h4-5,7,10,15H,2-3,6,13H2,1H3. The number of hydrogen-bond acceptors (Lipinski definition) is 4. The van der Waals surface area contributed by atoms with Gasteiger partial charge in [0, 0.05) is 19.6 Å². The van der Waals surface area contributed by atoms with Crippen molar-refractivity contribution in [3.05, 3.63) is 29.7 Å². The third-order valence-corrected chi connectivity index (χ3v) is 2.62. The summed E-state index contributed by atoms with van der Waals surface area (Å²) in [7, 11) is 0. The van der Waals surface area contributed by atoms with Gasteiger partial charge in [-0.15, -0.1) is 0 Å². The van der Waals surface area contributed by atoms with Gasteiger partial charge in [0.15, 0.2) is 11.5 Å². The van der Waals surface area contributed by atoms with E-state index >= 15 is 0 Å². The Labute approximate surface area is 94.1 Å². The summed E-state index contributed by atoms with van der Waals surface area (Å²) in [6, 6.07) is 5.76. The third kappa shape index (κ3) is 2.23. The number of hydrogen-bond donors (Lipinski definition) is 2. The van der Waals surface area contributed by atoms with E-state index in [0.717, 1.165) is 23.1 Å². The normalized spacial score (nSPS) is 13.2. The number of aryl methyl sites for hydroxylation is 1. The number of nitrogens with two attached hydrogens (primary N) is 1. The molecule has 1 atom stereocenters. The fourth-order valence-corrected chi connectivity index (χ4v) is 1.76. The van der Waals surface area contributed by atoms with E-state index in [-0.39, 0.29) is 12.6 Å². The second-order valence-electron chi connectivity index (χ2n) is 3.93. The monoisotopic (exact) mass is 220 g/mol. The zero-order chi connectivity index (χ0) is 11.5. The van der Waals surface area contributed by atoms with E-state index in [1.165, 1.54) is 0 Å². The molecule has 1 aromatic carbocycles. The maximum absolute atomic E-state index is 8.75. The Hall–Kier alpha value is -1.39. The zero-order valence-corrected chi connectivity index (χ0v) is 9.31. The maximum atomic E-state index is 8.75. The van der Waals surface area contributed by atoms with E-state index in [2.05, 4.69) is 4.98 Å². The van der Waals surface area contributed by atoms with Gasteiger partial charge in [-0.2, -0.15) is 0 Å². The number of benzene rings is 1. The molecule has 4 heteroatoms. The molecule has 0 amide bonds. The predicted molar refractivity (Wildman–Crippen MR) is 62.0 cm³/mol. The van der Waals surface area contributed by atoms with Gasteiger partial charge in [0.25, 0.3) is 0 Å². The van der Waals surface area contributed by atoms with Crippen LogP contribution in [0.3, 0.4) is 0 Å². The van der Waals surface area contributed by atoms with Gasteiger partial charge in [-0.1, -0.05) is 6.07 Å². The molecule has 2 rings (SSSR count). The Morgan fingerprint density at radius 2 is 2.31 bits per heavy atom. The van der Waals surface area contributed by atoms with Gasteiger partial charge in [0.2, 0.25) is 0 Å². The Kier molecular flexibility index (Phi) is 3.22. The average molecular weight is 220 g/mol. The first-order valence-electron chi connectivity index (χ1n) is 5.44. The first-order chi connectivity index (χ1) is 7.70. The van der Waals surface area contributed by atoms with Crippen LogP contribution in [0.2, 0.25) is 0 Å². The number of aliphatic hydroxyl groups is 1. The van der Waals surface area contributed by atoms with Crippen LogP contribution in [-0.2, 0) is 0 Å². The van der Waals surface area contributed by atoms with Crippen LogP contribution in [0.5, 0.6) is 0 Å². The second kappa shape index (κ2) is 4.63. The Morgan fingerprint density at radius 3 is 3.06 bits per heavy atom. The lowest BCUT2D eigenvalue weighted by Gasteiger charge is -2.10. The van der Waals surface area contributed by atoms with E-state index in [0.29, 0.717) is 12.3 Å². The quantitative estimate of drug-likeness (QED) is 0.825. The molecule has 0 aliphatic heterocycles. The van der Waals surface area contributed by atoms with Crippen LogP contribution in [0.4, 0.5) is 0 Å². The highest BCUT2D eigenvalue weighted by Crippen LogP contribution is 2.22. The molecule has 0 fully saturated rings. The SMILES string of the molecule is Cc1nc2ccc(C(N)CCCO)cc2o1. The number of rotatable bonds is 4. The second-order valence-corrected chi connectivity index (χ2v) is 3.93. The minimum atomic E-state index is -0.0537. The van der Waals surface area contributed by atoms with Crippen LogP contribution >= 0.6 is 0 Å². The molecular weight excluding hydrogens is 204 g/mol. The lowest BCUT2D eigenvalue weighted by Crippen LogP contribution is -2.10. The van der Waals surface area contributed by atoms with Crippen LogP contribution in [0, 0.1) is 6.92 Å². The fourth-order valence-electron chi connectivity index (χ4n) is 1.76. The van der Waals surface area contributed by atoms with Gasteiger partial charge in [0.1, 0.15) is 5.52 Å². The molecular formula is C12H16N2O2. The fraction of sp³-hybridized carbons (Fsp3) is 0.417. The Balaban J connectivity index is 2.24. The smallest absolute Gasteiger partial charge is 0.192 e. The van der Waals surface area contributed by atoms with Gasteiger partial charge in [-0.05, 0) is 30.5 Å². The molecule has 16 heavy (non-hydrogen) atoms. The van der Waals surface area contributed by atoms with Crippen LogP contribution in [-0.4, -0.2) is 16.7 Å². The van der Waals surface area contributed by atoms with Gasteiger partial charge >= 0.3 is 0 Å². The molecule has 0 aliphatic rings. The number of aliphatic hydroxyl groups excluding tert-OH is 1. The molecule has 0 spiro atoms. The summed E-state index contributed by atoms with van der Waals surface area (Å²) in [6.07, 6.45) is 1.49. The predicted octanol–water partition coefficient (Wildman–Crippen LogP) is 1.91. The number of nitrogens with zero attached hydrogens (tertiary/aromatic N) is 1. The van der Waals surface area contributed by atoms with Gasteiger partial charge in [-0.3, -0.25) is 0 Å². The van der Waals surface area contributed by atoms with Crippen molar-refractivity contribution in [2.75, 3.05) is 6.61 Å². The molecule has 0 saturated heterocycles.